The van der Waals surface area contributed by atoms with E-state index < -0.39 is 0 Å². The molecule has 1 aromatic heterocycles. The van der Waals surface area contributed by atoms with Gasteiger partial charge in [0, 0.05) is 62.5 Å². The number of rotatable bonds is 4. The Kier molecular flexibility index (Phi) is 5.04. The molecule has 1 unspecified atom stereocenters. The maximum absolute atomic E-state index is 12.7. The molecule has 0 aliphatic carbocycles. The molecule has 4 rings (SSSR count). The Hall–Kier alpha value is -2.87. The highest BCUT2D eigenvalue weighted by molar-refractivity contribution is 6.04. The number of benzene rings is 1. The zero-order valence-electron chi connectivity index (χ0n) is 16.4. The molecular formula is C20H25N5O3. The van der Waals surface area contributed by atoms with Crippen LogP contribution in [0.5, 0.6) is 5.75 Å². The van der Waals surface area contributed by atoms with Crippen molar-refractivity contribution in [1.29, 1.82) is 0 Å². The molecule has 1 fully saturated rings. The third-order valence-corrected chi connectivity index (χ3v) is 5.29. The van der Waals surface area contributed by atoms with Crippen molar-refractivity contribution in [3.63, 3.8) is 0 Å². The second-order valence-electron chi connectivity index (χ2n) is 7.27. The highest BCUT2D eigenvalue weighted by atomic mass is 16.5. The third kappa shape index (κ3) is 3.47. The molecule has 2 amide bonds. The summed E-state index contributed by atoms with van der Waals surface area (Å²) in [5.41, 5.74) is 3.79. The number of carbonyl (C=O) groups excluding carboxylic acids is 1. The number of aliphatic imine (C=N–C) groups is 1. The predicted molar refractivity (Wildman–Crippen MR) is 106 cm³/mol. The minimum Gasteiger partial charge on any atom is -0.496 e. The van der Waals surface area contributed by atoms with Crippen LogP contribution in [0.2, 0.25) is 0 Å². The van der Waals surface area contributed by atoms with Crippen LogP contribution in [0.3, 0.4) is 0 Å². The Bertz CT molecular complexity index is 921. The molecule has 8 nitrogen and oxygen atoms in total. The molecule has 1 atom stereocenters. The Morgan fingerprint density at radius 3 is 2.93 bits per heavy atom. The summed E-state index contributed by atoms with van der Waals surface area (Å²) in [5.74, 6) is 1.82. The zero-order valence-corrected chi connectivity index (χ0v) is 16.4. The molecule has 28 heavy (non-hydrogen) atoms. The number of carbonyl (C=O) groups is 1. The zero-order chi connectivity index (χ0) is 19.7. The molecule has 0 saturated carbocycles. The number of aromatic nitrogens is 2. The van der Waals surface area contributed by atoms with Gasteiger partial charge in [-0.2, -0.15) is 5.10 Å². The van der Waals surface area contributed by atoms with E-state index in [0.717, 1.165) is 41.1 Å². The first-order valence-corrected chi connectivity index (χ1v) is 9.40. The van der Waals surface area contributed by atoms with E-state index in [9.17, 15) is 4.79 Å². The second-order valence-corrected chi connectivity index (χ2v) is 7.27. The van der Waals surface area contributed by atoms with E-state index in [1.54, 1.807) is 18.9 Å². The number of ether oxygens (including phenoxy) is 2. The van der Waals surface area contributed by atoms with E-state index in [2.05, 4.69) is 10.4 Å². The number of likely N-dealkylation sites (tertiary alicyclic amines) is 1. The van der Waals surface area contributed by atoms with Crippen LogP contribution < -0.4 is 10.1 Å². The smallest absolute Gasteiger partial charge is 0.322 e. The van der Waals surface area contributed by atoms with Gasteiger partial charge in [0.1, 0.15) is 11.6 Å². The Morgan fingerprint density at radius 1 is 1.36 bits per heavy atom. The minimum atomic E-state index is -0.105. The van der Waals surface area contributed by atoms with Crippen molar-refractivity contribution in [2.24, 2.45) is 18.0 Å². The van der Waals surface area contributed by atoms with Crippen LogP contribution in [0.25, 0.3) is 11.1 Å². The number of nitrogens with zero attached hydrogens (tertiary/aromatic N) is 4. The van der Waals surface area contributed by atoms with Crippen LogP contribution in [0.15, 0.2) is 29.5 Å². The first-order valence-electron chi connectivity index (χ1n) is 9.40. The fraction of sp³-hybridized carbons (Fsp3) is 0.450. The summed E-state index contributed by atoms with van der Waals surface area (Å²) in [4.78, 5) is 19.2. The quantitative estimate of drug-likeness (QED) is 0.879. The Labute approximate surface area is 164 Å². The molecule has 8 heteroatoms. The third-order valence-electron chi connectivity index (χ3n) is 5.29. The standard InChI is InChI=1S/C20H25N5O3/c1-24-11-14(9-21-24)15-4-5-17(28-3)16-8-18(22-19(15)16)23-20(26)25-7-6-13(10-25)12-27-2/h4-5,9,11,13H,6-8,10,12H2,1-3H3,(H,22,23,26). The molecule has 3 heterocycles. The molecular weight excluding hydrogens is 358 g/mol. The van der Waals surface area contributed by atoms with Gasteiger partial charge in [-0.25, -0.2) is 9.79 Å². The van der Waals surface area contributed by atoms with E-state index in [4.69, 9.17) is 14.5 Å². The SMILES string of the molecule is COCC1CCN(C(=O)NC2=Nc3c(-c4cnn(C)c4)ccc(OC)c3C2)C1. The summed E-state index contributed by atoms with van der Waals surface area (Å²) in [6.07, 6.45) is 5.27. The summed E-state index contributed by atoms with van der Waals surface area (Å²) in [6, 6.07) is 3.82. The van der Waals surface area contributed by atoms with Gasteiger partial charge in [0.2, 0.25) is 0 Å². The lowest BCUT2D eigenvalue weighted by atomic mass is 10.0. The number of hydrogen-bond acceptors (Lipinski definition) is 5. The van der Waals surface area contributed by atoms with Gasteiger partial charge in [-0.3, -0.25) is 10.00 Å². The molecule has 2 aliphatic rings. The molecule has 0 spiro atoms. The van der Waals surface area contributed by atoms with E-state index >= 15 is 0 Å². The summed E-state index contributed by atoms with van der Waals surface area (Å²) >= 11 is 0. The monoisotopic (exact) mass is 383 g/mol. The van der Waals surface area contributed by atoms with Crippen molar-refractivity contribution in [1.82, 2.24) is 20.0 Å². The number of fused-ring (bicyclic) bond motifs is 1. The van der Waals surface area contributed by atoms with Crippen molar-refractivity contribution in [3.8, 4) is 16.9 Å². The molecule has 1 saturated heterocycles. The van der Waals surface area contributed by atoms with Crippen molar-refractivity contribution in [2.45, 2.75) is 12.8 Å². The average molecular weight is 383 g/mol. The number of amides is 2. The maximum Gasteiger partial charge on any atom is 0.322 e. The van der Waals surface area contributed by atoms with E-state index in [1.165, 1.54) is 0 Å². The number of nitrogens with one attached hydrogen (secondary N) is 1. The average Bonchev–Trinajstić information content (AvgIpc) is 3.40. The number of hydrogen-bond donors (Lipinski definition) is 1. The molecule has 1 aromatic carbocycles. The summed E-state index contributed by atoms with van der Waals surface area (Å²) < 4.78 is 12.5. The predicted octanol–water partition coefficient (Wildman–Crippen LogP) is 2.36. The molecule has 0 bridgehead atoms. The molecule has 0 radical (unpaired) electrons. The van der Waals surface area contributed by atoms with Crippen LogP contribution >= 0.6 is 0 Å². The van der Waals surface area contributed by atoms with Gasteiger partial charge in [0.15, 0.2) is 0 Å². The summed E-state index contributed by atoms with van der Waals surface area (Å²) in [6.45, 7) is 2.14. The van der Waals surface area contributed by atoms with Gasteiger partial charge in [-0.1, -0.05) is 0 Å². The van der Waals surface area contributed by atoms with Gasteiger partial charge in [0.05, 0.1) is 25.6 Å². The summed E-state index contributed by atoms with van der Waals surface area (Å²) in [7, 11) is 5.23. The number of aryl methyl sites for hydroxylation is 1. The summed E-state index contributed by atoms with van der Waals surface area (Å²) in [5, 5.41) is 7.24. The Balaban J connectivity index is 1.54. The normalized spacial score (nSPS) is 18.2. The maximum atomic E-state index is 12.7. The van der Waals surface area contributed by atoms with Gasteiger partial charge < -0.3 is 14.4 Å². The van der Waals surface area contributed by atoms with Crippen molar-refractivity contribution >= 4 is 17.6 Å². The van der Waals surface area contributed by atoms with E-state index in [1.807, 2.05) is 36.5 Å². The molecule has 2 aromatic rings. The minimum absolute atomic E-state index is 0.105. The van der Waals surface area contributed by atoms with Crippen LogP contribution in [-0.4, -0.2) is 60.5 Å². The Morgan fingerprint density at radius 2 is 2.21 bits per heavy atom. The van der Waals surface area contributed by atoms with Crippen molar-refractivity contribution < 1.29 is 14.3 Å². The van der Waals surface area contributed by atoms with Gasteiger partial charge >= 0.3 is 6.03 Å². The highest BCUT2D eigenvalue weighted by Gasteiger charge is 2.29. The van der Waals surface area contributed by atoms with Gasteiger partial charge in [0.25, 0.3) is 0 Å². The topological polar surface area (TPSA) is 81.0 Å². The second kappa shape index (κ2) is 7.63. The van der Waals surface area contributed by atoms with Gasteiger partial charge in [-0.15, -0.1) is 0 Å². The highest BCUT2D eigenvalue weighted by Crippen LogP contribution is 2.42. The molecule has 2 aliphatic heterocycles. The van der Waals surface area contributed by atoms with Crippen LogP contribution in [0, 0.1) is 5.92 Å². The fourth-order valence-electron chi connectivity index (χ4n) is 3.91. The lowest BCUT2D eigenvalue weighted by Crippen LogP contribution is -2.41. The number of amidine groups is 1. The first-order chi connectivity index (χ1) is 13.6. The van der Waals surface area contributed by atoms with Gasteiger partial charge in [-0.05, 0) is 18.6 Å². The van der Waals surface area contributed by atoms with Crippen LogP contribution in [0.4, 0.5) is 10.5 Å². The molecule has 148 valence electrons. The molecule has 1 N–H and O–H groups in total. The lowest BCUT2D eigenvalue weighted by Gasteiger charge is -2.17. The van der Waals surface area contributed by atoms with Crippen molar-refractivity contribution in [2.75, 3.05) is 33.9 Å². The first kappa shape index (κ1) is 18.5. The lowest BCUT2D eigenvalue weighted by molar-refractivity contribution is 0.154. The fourth-order valence-corrected chi connectivity index (χ4v) is 3.91. The van der Waals surface area contributed by atoms with Crippen LogP contribution in [0.1, 0.15) is 12.0 Å². The number of urea groups is 1. The van der Waals surface area contributed by atoms with Crippen LogP contribution in [-0.2, 0) is 18.2 Å². The van der Waals surface area contributed by atoms with E-state index in [-0.39, 0.29) is 6.03 Å². The van der Waals surface area contributed by atoms with Crippen molar-refractivity contribution in [3.05, 3.63) is 30.1 Å². The number of methoxy groups -OCH3 is 2. The largest absolute Gasteiger partial charge is 0.496 e. The van der Waals surface area contributed by atoms with E-state index in [0.29, 0.717) is 31.3 Å².